The molecule has 18 heavy (non-hydrogen) atoms. The van der Waals surface area contributed by atoms with Crippen molar-refractivity contribution in [3.63, 3.8) is 0 Å². The van der Waals surface area contributed by atoms with Gasteiger partial charge in [-0.25, -0.2) is 0 Å². The number of benzene rings is 1. The van der Waals surface area contributed by atoms with E-state index in [-0.39, 0.29) is 0 Å². The van der Waals surface area contributed by atoms with Crippen LogP contribution in [0, 0.1) is 11.3 Å². The number of ether oxygens (including phenoxy) is 1. The Morgan fingerprint density at radius 2 is 2.22 bits per heavy atom. The molecule has 0 radical (unpaired) electrons. The Hall–Kier alpha value is -1.73. The molecule has 0 spiro atoms. The molecule has 0 bridgehead atoms. The molecule has 1 aromatic rings. The summed E-state index contributed by atoms with van der Waals surface area (Å²) in [6.45, 7) is 4.57. The van der Waals surface area contributed by atoms with Crippen molar-refractivity contribution in [1.29, 1.82) is 5.26 Å². The third-order valence-corrected chi connectivity index (χ3v) is 2.56. The van der Waals surface area contributed by atoms with Crippen LogP contribution in [0.3, 0.4) is 0 Å². The Labute approximate surface area is 109 Å². The number of hydrogen-bond acceptors (Lipinski definition) is 4. The first kappa shape index (κ1) is 14.3. The van der Waals surface area contributed by atoms with Crippen LogP contribution in [0.2, 0.25) is 0 Å². The van der Waals surface area contributed by atoms with Gasteiger partial charge in [-0.2, -0.15) is 5.26 Å². The molecule has 0 heterocycles. The first-order valence-corrected chi connectivity index (χ1v) is 6.35. The van der Waals surface area contributed by atoms with E-state index < -0.39 is 0 Å². The number of nitrogens with two attached hydrogens (primary N) is 1. The van der Waals surface area contributed by atoms with Crippen LogP contribution >= 0.6 is 0 Å². The minimum absolute atomic E-state index is 0.348. The zero-order valence-electron chi connectivity index (χ0n) is 10.9. The smallest absolute Gasteiger partial charge is 0.0670 e. The lowest BCUT2D eigenvalue weighted by atomic mass is 10.1. The number of nitrogens with one attached hydrogen (secondary N) is 1. The van der Waals surface area contributed by atoms with Crippen LogP contribution in [0.4, 0.5) is 11.4 Å². The van der Waals surface area contributed by atoms with Crippen molar-refractivity contribution in [2.24, 2.45) is 0 Å². The highest BCUT2D eigenvalue weighted by Gasteiger charge is 2.00. The van der Waals surface area contributed by atoms with Crippen LogP contribution in [0.15, 0.2) is 18.2 Å². The lowest BCUT2D eigenvalue weighted by Crippen LogP contribution is -2.06. The number of nitrogens with zero attached hydrogens (tertiary/aromatic N) is 1. The maximum atomic E-state index is 8.69. The highest BCUT2D eigenvalue weighted by molar-refractivity contribution is 5.57. The van der Waals surface area contributed by atoms with Crippen molar-refractivity contribution in [3.8, 4) is 6.07 Å². The van der Waals surface area contributed by atoms with Gasteiger partial charge in [0.1, 0.15) is 0 Å². The maximum absolute atomic E-state index is 8.69. The highest BCUT2D eigenvalue weighted by Crippen LogP contribution is 2.18. The summed E-state index contributed by atoms with van der Waals surface area (Å²) < 4.78 is 5.40. The molecule has 4 heteroatoms. The Kier molecular flexibility index (Phi) is 6.67. The molecule has 3 N–H and O–H groups in total. The van der Waals surface area contributed by atoms with Gasteiger partial charge >= 0.3 is 0 Å². The topological polar surface area (TPSA) is 71.1 Å². The third-order valence-electron chi connectivity index (χ3n) is 2.56. The van der Waals surface area contributed by atoms with Crippen molar-refractivity contribution < 1.29 is 4.74 Å². The average Bonchev–Trinajstić information content (AvgIpc) is 2.37. The van der Waals surface area contributed by atoms with E-state index in [9.17, 15) is 0 Å². The fourth-order valence-electron chi connectivity index (χ4n) is 1.61. The molecule has 1 aromatic carbocycles. The largest absolute Gasteiger partial charge is 0.398 e. The van der Waals surface area contributed by atoms with E-state index in [1.54, 1.807) is 0 Å². The zero-order valence-corrected chi connectivity index (χ0v) is 10.9. The van der Waals surface area contributed by atoms with Gasteiger partial charge in [0.25, 0.3) is 0 Å². The standard InChI is InChI=1S/C14H21N3O/c1-2-9-18-10-3-8-17-13-4-5-14(16)12(11-13)6-7-15/h4-5,11,17H,2-3,6,8-10,16H2,1H3. The van der Waals surface area contributed by atoms with E-state index in [0.29, 0.717) is 12.1 Å². The van der Waals surface area contributed by atoms with E-state index >= 15 is 0 Å². The Morgan fingerprint density at radius 1 is 1.39 bits per heavy atom. The molecule has 0 amide bonds. The summed E-state index contributed by atoms with van der Waals surface area (Å²) in [5.41, 5.74) is 8.34. The van der Waals surface area contributed by atoms with Gasteiger partial charge in [-0.05, 0) is 36.6 Å². The second-order valence-corrected chi connectivity index (χ2v) is 4.14. The molecule has 0 aliphatic carbocycles. The second-order valence-electron chi connectivity index (χ2n) is 4.14. The van der Waals surface area contributed by atoms with Crippen LogP contribution in [0.5, 0.6) is 0 Å². The van der Waals surface area contributed by atoms with Crippen LogP contribution in [-0.2, 0) is 11.2 Å². The molecule has 0 unspecified atom stereocenters. The molecule has 0 saturated carbocycles. The van der Waals surface area contributed by atoms with Crippen molar-refractivity contribution in [1.82, 2.24) is 0 Å². The Bertz CT molecular complexity index is 399. The predicted molar refractivity (Wildman–Crippen MR) is 74.4 cm³/mol. The summed E-state index contributed by atoms with van der Waals surface area (Å²) in [5.74, 6) is 0. The molecule has 1 rings (SSSR count). The van der Waals surface area contributed by atoms with E-state index in [1.807, 2.05) is 18.2 Å². The third kappa shape index (κ3) is 5.07. The van der Waals surface area contributed by atoms with Gasteiger partial charge < -0.3 is 15.8 Å². The van der Waals surface area contributed by atoms with Crippen LogP contribution in [-0.4, -0.2) is 19.8 Å². The van der Waals surface area contributed by atoms with Gasteiger partial charge in [0, 0.05) is 31.1 Å². The van der Waals surface area contributed by atoms with Gasteiger partial charge in [-0.15, -0.1) is 0 Å². The quantitative estimate of drug-likeness (QED) is 0.547. The molecule has 4 nitrogen and oxygen atoms in total. The van der Waals surface area contributed by atoms with Crippen molar-refractivity contribution in [3.05, 3.63) is 23.8 Å². The zero-order chi connectivity index (χ0) is 13.2. The van der Waals surface area contributed by atoms with Gasteiger partial charge in [0.15, 0.2) is 0 Å². The first-order chi connectivity index (χ1) is 8.77. The first-order valence-electron chi connectivity index (χ1n) is 6.35. The molecule has 0 aliphatic rings. The van der Waals surface area contributed by atoms with Gasteiger partial charge in [0.05, 0.1) is 12.5 Å². The number of nitriles is 1. The highest BCUT2D eigenvalue weighted by atomic mass is 16.5. The summed E-state index contributed by atoms with van der Waals surface area (Å²) in [6.07, 6.45) is 2.38. The number of hydrogen-bond donors (Lipinski definition) is 2. The summed E-state index contributed by atoms with van der Waals surface area (Å²) in [6, 6.07) is 7.82. The fraction of sp³-hybridized carbons (Fsp3) is 0.500. The molecule has 0 aromatic heterocycles. The van der Waals surface area contributed by atoms with E-state index in [1.165, 1.54) is 0 Å². The summed E-state index contributed by atoms with van der Waals surface area (Å²) >= 11 is 0. The van der Waals surface area contributed by atoms with Crippen LogP contribution < -0.4 is 11.1 Å². The summed E-state index contributed by atoms with van der Waals surface area (Å²) in [4.78, 5) is 0. The van der Waals surface area contributed by atoms with Crippen molar-refractivity contribution in [2.45, 2.75) is 26.2 Å². The van der Waals surface area contributed by atoms with E-state index in [2.05, 4.69) is 18.3 Å². The van der Waals surface area contributed by atoms with Crippen molar-refractivity contribution >= 4 is 11.4 Å². The number of nitrogen functional groups attached to an aromatic ring is 1. The van der Waals surface area contributed by atoms with Gasteiger partial charge in [-0.1, -0.05) is 6.92 Å². The lowest BCUT2D eigenvalue weighted by Gasteiger charge is -2.09. The average molecular weight is 247 g/mol. The summed E-state index contributed by atoms with van der Waals surface area (Å²) in [5, 5.41) is 12.0. The lowest BCUT2D eigenvalue weighted by molar-refractivity contribution is 0.134. The minimum atomic E-state index is 0.348. The molecule has 98 valence electrons. The van der Waals surface area contributed by atoms with Gasteiger partial charge in [0.2, 0.25) is 0 Å². The molecule has 0 atom stereocenters. The molecular formula is C14H21N3O. The normalized spacial score (nSPS) is 10.0. The molecule has 0 saturated heterocycles. The van der Waals surface area contributed by atoms with Crippen molar-refractivity contribution in [2.75, 3.05) is 30.8 Å². The SMILES string of the molecule is CCCOCCCNc1ccc(N)c(CC#N)c1. The monoisotopic (exact) mass is 247 g/mol. The predicted octanol–water partition coefficient (Wildman–Crippen LogP) is 2.56. The van der Waals surface area contributed by atoms with E-state index in [0.717, 1.165) is 43.9 Å². The Balaban J connectivity index is 2.34. The fourth-order valence-corrected chi connectivity index (χ4v) is 1.61. The molecule has 0 fully saturated rings. The second kappa shape index (κ2) is 8.37. The number of rotatable bonds is 8. The van der Waals surface area contributed by atoms with Gasteiger partial charge in [-0.3, -0.25) is 0 Å². The van der Waals surface area contributed by atoms with E-state index in [4.69, 9.17) is 15.7 Å². The van der Waals surface area contributed by atoms with Crippen LogP contribution in [0.1, 0.15) is 25.3 Å². The molecule has 0 aliphatic heterocycles. The van der Waals surface area contributed by atoms with Crippen LogP contribution in [0.25, 0.3) is 0 Å². The molecular weight excluding hydrogens is 226 g/mol. The number of anilines is 2. The summed E-state index contributed by atoms with van der Waals surface area (Å²) in [7, 11) is 0. The Morgan fingerprint density at radius 3 is 2.94 bits per heavy atom. The minimum Gasteiger partial charge on any atom is -0.398 e. The maximum Gasteiger partial charge on any atom is 0.0670 e.